The van der Waals surface area contributed by atoms with Gasteiger partial charge in [-0.2, -0.15) is 13.2 Å². The van der Waals surface area contributed by atoms with Gasteiger partial charge in [0, 0.05) is 20.2 Å². The topological polar surface area (TPSA) is 66.8 Å². The van der Waals surface area contributed by atoms with E-state index in [0.29, 0.717) is 5.56 Å². The summed E-state index contributed by atoms with van der Waals surface area (Å²) >= 11 is 0. The van der Waals surface area contributed by atoms with Gasteiger partial charge in [-0.05, 0) is 18.9 Å². The molecule has 1 aliphatic rings. The number of carbonyl (C=O) groups is 2. The maximum Gasteiger partial charge on any atom is 0.406 e. The minimum atomic E-state index is -4.94. The van der Waals surface area contributed by atoms with Gasteiger partial charge in [0.15, 0.2) is 11.0 Å². The number of halogens is 3. The molecule has 1 aromatic carbocycles. The molecule has 2 rings (SSSR count). The molecule has 0 saturated carbocycles. The molecule has 0 radical (unpaired) electrons. The van der Waals surface area contributed by atoms with Crippen LogP contribution in [-0.2, 0) is 19.9 Å². The van der Waals surface area contributed by atoms with Gasteiger partial charge in [0.05, 0.1) is 0 Å². The van der Waals surface area contributed by atoms with Crippen molar-refractivity contribution < 1.29 is 32.6 Å². The lowest BCUT2D eigenvalue weighted by Gasteiger charge is -2.33. The summed E-state index contributed by atoms with van der Waals surface area (Å²) in [7, 11) is 1.29. The molecule has 2 atom stereocenters. The molecule has 5 nitrogen and oxygen atoms in total. The molecule has 1 N–H and O–H groups in total. The van der Waals surface area contributed by atoms with Crippen molar-refractivity contribution in [3.63, 3.8) is 0 Å². The molecule has 1 fully saturated rings. The number of benzene rings is 1. The number of likely N-dealkylation sites (tertiary alicyclic amines) is 1. The highest BCUT2D eigenvalue weighted by atomic mass is 19.4. The van der Waals surface area contributed by atoms with E-state index >= 15 is 0 Å². The Morgan fingerprint density at radius 2 is 1.83 bits per heavy atom. The Morgan fingerprint density at radius 1 is 1.25 bits per heavy atom. The summed E-state index contributed by atoms with van der Waals surface area (Å²) < 4.78 is 45.1. The first-order chi connectivity index (χ1) is 11.1. The molecule has 132 valence electrons. The van der Waals surface area contributed by atoms with Crippen LogP contribution in [0.2, 0.25) is 0 Å². The third-order valence-electron chi connectivity index (χ3n) is 4.65. The van der Waals surface area contributed by atoms with Crippen molar-refractivity contribution in [2.45, 2.75) is 25.1 Å². The number of hydrogen-bond acceptors (Lipinski definition) is 3. The quantitative estimate of drug-likeness (QED) is 0.910. The fraction of sp³-hybridized carbons (Fsp3) is 0.500. The van der Waals surface area contributed by atoms with E-state index in [9.17, 15) is 22.8 Å². The highest BCUT2D eigenvalue weighted by molar-refractivity contribution is 5.88. The summed E-state index contributed by atoms with van der Waals surface area (Å²) in [5.74, 6) is -2.66. The molecule has 0 aliphatic carbocycles. The zero-order valence-electron chi connectivity index (χ0n) is 13.3. The average Bonchev–Trinajstić information content (AvgIpc) is 3.00. The van der Waals surface area contributed by atoms with E-state index in [0.717, 1.165) is 4.90 Å². The van der Waals surface area contributed by atoms with E-state index in [1.54, 1.807) is 30.3 Å². The molecule has 0 aromatic heterocycles. The first-order valence-electron chi connectivity index (χ1n) is 7.29. The first kappa shape index (κ1) is 18.3. The van der Waals surface area contributed by atoms with Gasteiger partial charge in [-0.15, -0.1) is 0 Å². The minimum Gasteiger partial charge on any atom is -0.481 e. The third-order valence-corrected chi connectivity index (χ3v) is 4.65. The Labute approximate surface area is 137 Å². The van der Waals surface area contributed by atoms with Crippen LogP contribution in [0.1, 0.15) is 18.9 Å². The number of alkyl halides is 3. The van der Waals surface area contributed by atoms with Crippen LogP contribution in [0.5, 0.6) is 0 Å². The van der Waals surface area contributed by atoms with E-state index in [1.165, 1.54) is 14.0 Å². The van der Waals surface area contributed by atoms with Crippen LogP contribution < -0.4 is 0 Å². The molecule has 1 aliphatic heterocycles. The number of ether oxygens (including phenoxy) is 1. The highest BCUT2D eigenvalue weighted by Gasteiger charge is 2.65. The second kappa shape index (κ2) is 6.08. The van der Waals surface area contributed by atoms with Crippen molar-refractivity contribution in [3.05, 3.63) is 35.9 Å². The predicted molar refractivity (Wildman–Crippen MR) is 78.1 cm³/mol. The monoisotopic (exact) mass is 345 g/mol. The molecular formula is C16H18F3NO4. The maximum atomic E-state index is 13.3. The standard InChI is InChI=1S/C16H18F3NO4/c1-14(24-2,11-6-4-3-5-7-11)12(21)20-9-8-15(10-20,13(22)23)16(17,18)19/h3-7H,8-10H2,1-2H3,(H,22,23). The van der Waals surface area contributed by atoms with Gasteiger partial charge in [-0.3, -0.25) is 9.59 Å². The van der Waals surface area contributed by atoms with Crippen LogP contribution in [0.15, 0.2) is 30.3 Å². The van der Waals surface area contributed by atoms with Crippen LogP contribution in [0, 0.1) is 5.41 Å². The fourth-order valence-electron chi connectivity index (χ4n) is 2.90. The van der Waals surface area contributed by atoms with Crippen LogP contribution in [0.3, 0.4) is 0 Å². The normalized spacial score (nSPS) is 23.8. The molecule has 2 unspecified atom stereocenters. The van der Waals surface area contributed by atoms with Crippen molar-refractivity contribution in [2.24, 2.45) is 5.41 Å². The van der Waals surface area contributed by atoms with Crippen LogP contribution in [-0.4, -0.2) is 48.3 Å². The molecule has 1 amide bonds. The lowest BCUT2D eigenvalue weighted by molar-refractivity contribution is -0.227. The van der Waals surface area contributed by atoms with E-state index in [-0.39, 0.29) is 6.54 Å². The van der Waals surface area contributed by atoms with E-state index < -0.39 is 42.0 Å². The van der Waals surface area contributed by atoms with Crippen LogP contribution in [0.4, 0.5) is 13.2 Å². The summed E-state index contributed by atoms with van der Waals surface area (Å²) in [6.45, 7) is 0.242. The van der Waals surface area contributed by atoms with Crippen LogP contribution >= 0.6 is 0 Å². The molecule has 1 heterocycles. The third kappa shape index (κ3) is 2.75. The van der Waals surface area contributed by atoms with Gasteiger partial charge in [0.25, 0.3) is 5.91 Å². The number of carbonyl (C=O) groups excluding carboxylic acids is 1. The van der Waals surface area contributed by atoms with Crippen molar-refractivity contribution in [3.8, 4) is 0 Å². The number of methoxy groups -OCH3 is 1. The molecule has 1 saturated heterocycles. The van der Waals surface area contributed by atoms with Crippen molar-refractivity contribution in [1.82, 2.24) is 4.90 Å². The van der Waals surface area contributed by atoms with E-state index in [4.69, 9.17) is 9.84 Å². The van der Waals surface area contributed by atoms with Gasteiger partial charge >= 0.3 is 12.1 Å². The number of carboxylic acids is 1. The fourth-order valence-corrected chi connectivity index (χ4v) is 2.90. The van der Waals surface area contributed by atoms with Gasteiger partial charge in [-0.1, -0.05) is 30.3 Å². The highest BCUT2D eigenvalue weighted by Crippen LogP contribution is 2.46. The Balaban J connectivity index is 2.33. The largest absolute Gasteiger partial charge is 0.481 e. The molecule has 8 heteroatoms. The number of hydrogen-bond donors (Lipinski definition) is 1. The zero-order valence-corrected chi connectivity index (χ0v) is 13.3. The Kier molecular flexibility index (Phi) is 4.63. The van der Waals surface area contributed by atoms with Gasteiger partial charge in [-0.25, -0.2) is 0 Å². The average molecular weight is 345 g/mol. The second-order valence-electron chi connectivity index (χ2n) is 5.97. The second-order valence-corrected chi connectivity index (χ2v) is 5.97. The number of amides is 1. The van der Waals surface area contributed by atoms with Gasteiger partial charge in [0.2, 0.25) is 0 Å². The summed E-state index contributed by atoms with van der Waals surface area (Å²) in [5.41, 5.74) is -3.94. The molecule has 1 aromatic rings. The maximum absolute atomic E-state index is 13.3. The van der Waals surface area contributed by atoms with Crippen molar-refractivity contribution in [2.75, 3.05) is 20.2 Å². The summed E-state index contributed by atoms with van der Waals surface area (Å²) in [5, 5.41) is 9.09. The molecule has 0 bridgehead atoms. The first-order valence-corrected chi connectivity index (χ1v) is 7.29. The smallest absolute Gasteiger partial charge is 0.406 e. The lowest BCUT2D eigenvalue weighted by Crippen LogP contribution is -2.50. The summed E-state index contributed by atoms with van der Waals surface area (Å²) in [6, 6.07) is 8.36. The minimum absolute atomic E-state index is 0.295. The predicted octanol–water partition coefficient (Wildman–Crippen LogP) is 2.41. The van der Waals surface area contributed by atoms with E-state index in [1.807, 2.05) is 0 Å². The number of nitrogens with zero attached hydrogens (tertiary/aromatic N) is 1. The van der Waals surface area contributed by atoms with E-state index in [2.05, 4.69) is 0 Å². The molecule has 24 heavy (non-hydrogen) atoms. The molecular weight excluding hydrogens is 327 g/mol. The summed E-state index contributed by atoms with van der Waals surface area (Å²) in [4.78, 5) is 24.9. The number of rotatable bonds is 4. The van der Waals surface area contributed by atoms with Crippen LogP contribution in [0.25, 0.3) is 0 Å². The zero-order chi connectivity index (χ0) is 18.2. The summed E-state index contributed by atoms with van der Waals surface area (Å²) in [6.07, 6.45) is -5.61. The van der Waals surface area contributed by atoms with Crippen molar-refractivity contribution in [1.29, 1.82) is 0 Å². The van der Waals surface area contributed by atoms with Crippen molar-refractivity contribution >= 4 is 11.9 Å². The van der Waals surface area contributed by atoms with Gasteiger partial charge in [0.1, 0.15) is 0 Å². The Bertz CT molecular complexity index is 634. The number of carboxylic acid groups (broad SMARTS) is 1. The Hall–Kier alpha value is -2.09. The lowest BCUT2D eigenvalue weighted by atomic mass is 9.86. The molecule has 0 spiro atoms. The number of aliphatic carboxylic acids is 1. The SMILES string of the molecule is COC(C)(C(=O)N1CCC(C(=O)O)(C(F)(F)F)C1)c1ccccc1. The van der Waals surface area contributed by atoms with Gasteiger partial charge < -0.3 is 14.7 Å². The Morgan fingerprint density at radius 3 is 2.25 bits per heavy atom.